The number of nitrogens with zero attached hydrogens (tertiary/aromatic N) is 2. The Morgan fingerprint density at radius 2 is 1.92 bits per heavy atom. The van der Waals surface area contributed by atoms with Crippen LogP contribution in [0.1, 0.15) is 49.6 Å². The molecule has 138 valence electrons. The molecule has 1 aromatic carbocycles. The van der Waals surface area contributed by atoms with Crippen molar-refractivity contribution in [1.82, 2.24) is 9.88 Å². The predicted octanol–water partition coefficient (Wildman–Crippen LogP) is 6.49. The van der Waals surface area contributed by atoms with Crippen molar-refractivity contribution in [3.05, 3.63) is 58.2 Å². The predicted molar refractivity (Wildman–Crippen MR) is 122 cm³/mol. The third-order valence-electron chi connectivity index (χ3n) is 4.36. The summed E-state index contributed by atoms with van der Waals surface area (Å²) in [5.41, 5.74) is 2.69. The molecule has 0 aliphatic rings. The number of unbranched alkanes of at least 4 members (excludes halogenated alkanes) is 3. The highest BCUT2D eigenvalue weighted by atomic mass is 127. The first kappa shape index (κ1) is 22.2. The Bertz CT molecular complexity index is 594. The van der Waals surface area contributed by atoms with Gasteiger partial charge in [0, 0.05) is 43.7 Å². The number of halogens is 1. The molecule has 0 aliphatic heterocycles. The second-order valence-electron chi connectivity index (χ2n) is 6.55. The Labute approximate surface area is 174 Å². The number of aromatic nitrogens is 1. The van der Waals surface area contributed by atoms with Crippen molar-refractivity contribution in [2.24, 2.45) is 5.92 Å². The van der Waals surface area contributed by atoms with Crippen LogP contribution in [-0.2, 0) is 6.42 Å². The summed E-state index contributed by atoms with van der Waals surface area (Å²) in [6.45, 7) is 2.27. The molecule has 0 spiro atoms. The van der Waals surface area contributed by atoms with Crippen LogP contribution in [0.3, 0.4) is 0 Å². The van der Waals surface area contributed by atoms with Crippen molar-refractivity contribution in [1.29, 1.82) is 0 Å². The number of hydrogen-bond donors (Lipinski definition) is 0. The van der Waals surface area contributed by atoms with Crippen molar-refractivity contribution in [2.45, 2.75) is 45.4 Å². The molecule has 1 heterocycles. The van der Waals surface area contributed by atoms with Crippen molar-refractivity contribution in [2.75, 3.05) is 14.1 Å². The molecule has 4 heteroatoms. The quantitative estimate of drug-likeness (QED) is 0.291. The van der Waals surface area contributed by atoms with Gasteiger partial charge in [0.15, 0.2) is 0 Å². The number of thiazole rings is 1. The minimum atomic E-state index is 0. The summed E-state index contributed by atoms with van der Waals surface area (Å²) in [4.78, 5) is 6.80. The highest BCUT2D eigenvalue weighted by Gasteiger charge is 2.18. The lowest BCUT2D eigenvalue weighted by atomic mass is 9.92. The molecule has 0 aliphatic carbocycles. The van der Waals surface area contributed by atoms with Gasteiger partial charge in [-0.1, -0.05) is 62.9 Å². The number of benzene rings is 1. The van der Waals surface area contributed by atoms with Gasteiger partial charge in [-0.2, -0.15) is 0 Å². The van der Waals surface area contributed by atoms with Crippen LogP contribution in [0.25, 0.3) is 6.08 Å². The summed E-state index contributed by atoms with van der Waals surface area (Å²) in [6.07, 6.45) is 11.8. The zero-order valence-corrected chi connectivity index (χ0v) is 18.8. The van der Waals surface area contributed by atoms with Crippen molar-refractivity contribution in [3.8, 4) is 0 Å². The minimum absolute atomic E-state index is 0. The third-order valence-corrected chi connectivity index (χ3v) is 5.16. The van der Waals surface area contributed by atoms with Gasteiger partial charge in [-0.3, -0.25) is 0 Å². The van der Waals surface area contributed by atoms with Crippen LogP contribution in [0.2, 0.25) is 0 Å². The highest BCUT2D eigenvalue weighted by molar-refractivity contribution is 14.0. The molecule has 0 N–H and O–H groups in total. The summed E-state index contributed by atoms with van der Waals surface area (Å²) in [5.74, 6) is 0.531. The van der Waals surface area contributed by atoms with E-state index in [1.54, 1.807) is 11.3 Å². The average molecular weight is 470 g/mol. The Morgan fingerprint density at radius 1 is 1.16 bits per heavy atom. The van der Waals surface area contributed by atoms with Crippen molar-refractivity contribution < 1.29 is 0 Å². The van der Waals surface area contributed by atoms with Crippen LogP contribution in [0.5, 0.6) is 0 Å². The zero-order valence-electron chi connectivity index (χ0n) is 15.6. The normalized spacial score (nSPS) is 12.5. The molecule has 2 rings (SSSR count). The first-order valence-corrected chi connectivity index (χ1v) is 9.91. The lowest BCUT2D eigenvalue weighted by Gasteiger charge is -2.26. The van der Waals surface area contributed by atoms with Gasteiger partial charge in [0.2, 0.25) is 0 Å². The fraction of sp³-hybridized carbons (Fsp3) is 0.476. The van der Waals surface area contributed by atoms with Gasteiger partial charge < -0.3 is 4.90 Å². The molecule has 1 atom stereocenters. The van der Waals surface area contributed by atoms with Crippen molar-refractivity contribution >= 4 is 41.4 Å². The Hall–Kier alpha value is -0.880. The minimum Gasteiger partial charge on any atom is -0.381 e. The molecule has 0 fully saturated rings. The van der Waals surface area contributed by atoms with Crippen LogP contribution in [0.4, 0.5) is 0 Å². The molecular formula is C21H31IN2S. The molecule has 25 heavy (non-hydrogen) atoms. The van der Waals surface area contributed by atoms with E-state index in [-0.39, 0.29) is 24.0 Å². The second kappa shape index (κ2) is 12.5. The summed E-state index contributed by atoms with van der Waals surface area (Å²) < 4.78 is 0. The average Bonchev–Trinajstić information content (AvgIpc) is 3.09. The maximum atomic E-state index is 4.52. The van der Waals surface area contributed by atoms with Gasteiger partial charge in [-0.15, -0.1) is 35.3 Å². The van der Waals surface area contributed by atoms with Crippen LogP contribution in [0.15, 0.2) is 47.6 Å². The maximum absolute atomic E-state index is 4.52. The Kier molecular flexibility index (Phi) is 11.1. The molecular weight excluding hydrogens is 439 g/mol. The van der Waals surface area contributed by atoms with Crippen molar-refractivity contribution in [3.63, 3.8) is 0 Å². The molecule has 2 aromatic rings. The van der Waals surface area contributed by atoms with Gasteiger partial charge in [-0.25, -0.2) is 4.98 Å². The Balaban J connectivity index is 0.00000312. The Morgan fingerprint density at radius 3 is 2.52 bits per heavy atom. The van der Waals surface area contributed by atoms with E-state index in [4.69, 9.17) is 0 Å². The number of rotatable bonds is 10. The van der Waals surface area contributed by atoms with Gasteiger partial charge >= 0.3 is 0 Å². The molecule has 1 unspecified atom stereocenters. The van der Waals surface area contributed by atoms with Crippen LogP contribution >= 0.6 is 35.3 Å². The van der Waals surface area contributed by atoms with E-state index in [1.165, 1.54) is 48.4 Å². The van der Waals surface area contributed by atoms with E-state index in [1.807, 2.05) is 6.20 Å². The summed E-state index contributed by atoms with van der Waals surface area (Å²) in [5, 5.41) is 3.33. The lowest BCUT2D eigenvalue weighted by Crippen LogP contribution is -2.21. The maximum Gasteiger partial charge on any atom is 0.0931 e. The van der Waals surface area contributed by atoms with E-state index in [2.05, 4.69) is 72.7 Å². The fourth-order valence-corrected chi connectivity index (χ4v) is 3.77. The smallest absolute Gasteiger partial charge is 0.0931 e. The summed E-state index contributed by atoms with van der Waals surface area (Å²) >= 11 is 1.77. The summed E-state index contributed by atoms with van der Waals surface area (Å²) in [6, 6.07) is 10.7. The molecule has 1 aromatic heterocycles. The van der Waals surface area contributed by atoms with E-state index >= 15 is 0 Å². The fourth-order valence-electron chi connectivity index (χ4n) is 3.07. The molecule has 0 saturated heterocycles. The molecule has 0 amide bonds. The van der Waals surface area contributed by atoms with Gasteiger partial charge in [0.25, 0.3) is 0 Å². The second-order valence-corrected chi connectivity index (χ2v) is 7.53. The highest BCUT2D eigenvalue weighted by Crippen LogP contribution is 2.27. The van der Waals surface area contributed by atoms with E-state index in [9.17, 15) is 0 Å². The van der Waals surface area contributed by atoms with Gasteiger partial charge in [0.1, 0.15) is 0 Å². The monoisotopic (exact) mass is 470 g/mol. The van der Waals surface area contributed by atoms with Gasteiger partial charge in [0.05, 0.1) is 5.01 Å². The van der Waals surface area contributed by atoms with E-state index in [0.717, 1.165) is 6.42 Å². The molecule has 0 radical (unpaired) electrons. The first-order valence-electron chi connectivity index (χ1n) is 9.03. The van der Waals surface area contributed by atoms with E-state index < -0.39 is 0 Å². The molecule has 0 saturated carbocycles. The number of hydrogen-bond acceptors (Lipinski definition) is 3. The number of allylic oxidation sites excluding steroid dienone is 1. The topological polar surface area (TPSA) is 16.1 Å². The summed E-state index contributed by atoms with van der Waals surface area (Å²) in [7, 11) is 4.32. The third kappa shape index (κ3) is 7.90. The lowest BCUT2D eigenvalue weighted by molar-refractivity contribution is 0.390. The largest absolute Gasteiger partial charge is 0.381 e. The van der Waals surface area contributed by atoms with Crippen LogP contribution < -0.4 is 0 Å². The SMILES string of the molecule is CCCCCCC(Cc1nccs1)C(=Cc1ccccc1)N(C)C.I. The molecule has 0 bridgehead atoms. The first-order chi connectivity index (χ1) is 11.7. The van der Waals surface area contributed by atoms with Crippen LogP contribution in [0, 0.1) is 5.92 Å². The molecule has 2 nitrogen and oxygen atoms in total. The van der Waals surface area contributed by atoms with Gasteiger partial charge in [-0.05, 0) is 18.1 Å². The van der Waals surface area contributed by atoms with E-state index in [0.29, 0.717) is 5.92 Å². The van der Waals surface area contributed by atoms with Crippen LogP contribution in [-0.4, -0.2) is 24.0 Å². The zero-order chi connectivity index (χ0) is 17.2. The standard InChI is InChI=1S/C21H30N2S.HI/c1-4-5-6-10-13-19(17-21-22-14-15-24-21)20(23(2)3)16-18-11-8-7-9-12-18;/h7-9,11-12,14-16,19H,4-6,10,13,17H2,1-3H3;1H.